The van der Waals surface area contributed by atoms with Crippen molar-refractivity contribution in [3.63, 3.8) is 0 Å². The molecule has 1 atom stereocenters. The Morgan fingerprint density at radius 3 is 2.51 bits per heavy atom. The zero-order valence-corrected chi connectivity index (χ0v) is 21.7. The lowest BCUT2D eigenvalue weighted by Gasteiger charge is -2.37. The molecule has 2 heterocycles. The van der Waals surface area contributed by atoms with Crippen molar-refractivity contribution in [2.24, 2.45) is 5.14 Å². The maximum Gasteiger partial charge on any atom is 0.413 e. The molecule has 0 radical (unpaired) electrons. The third kappa shape index (κ3) is 7.34. The summed E-state index contributed by atoms with van der Waals surface area (Å²) in [5.41, 5.74) is 0.0904. The number of carbonyl (C=O) groups excluding carboxylic acids is 3. The normalized spacial score (nSPS) is 17.3. The average molecular weight is 558 g/mol. The molecule has 1 aromatic rings. The van der Waals surface area contributed by atoms with E-state index in [1.807, 2.05) is 0 Å². The highest BCUT2D eigenvalue weighted by Gasteiger charge is 2.43. The van der Waals surface area contributed by atoms with Gasteiger partial charge in [-0.1, -0.05) is 0 Å². The fraction of sp³-hybridized carbons (Fsp3) is 0.611. The molecule has 0 unspecified atom stereocenters. The number of nitrogens with zero attached hydrogens (tertiary/aromatic N) is 2. The number of methoxy groups -OCH3 is 1. The van der Waals surface area contributed by atoms with Gasteiger partial charge in [0.25, 0.3) is 10.0 Å². The lowest BCUT2D eigenvalue weighted by molar-refractivity contribution is -0.163. The molecule has 0 aromatic carbocycles. The molecule has 198 valence electrons. The van der Waals surface area contributed by atoms with Crippen LogP contribution < -0.4 is 5.14 Å². The van der Waals surface area contributed by atoms with Crippen LogP contribution in [0.3, 0.4) is 0 Å². The zero-order chi connectivity index (χ0) is 26.4. The van der Waals surface area contributed by atoms with Gasteiger partial charge in [0.05, 0.1) is 6.04 Å². The molecule has 17 heteroatoms. The Hall–Kier alpha value is -2.31. The van der Waals surface area contributed by atoms with Crippen molar-refractivity contribution in [2.75, 3.05) is 46.8 Å². The molecule has 1 aliphatic rings. The summed E-state index contributed by atoms with van der Waals surface area (Å²) < 4.78 is 69.8. The lowest BCUT2D eigenvalue weighted by atomic mass is 10.1. The summed E-state index contributed by atoms with van der Waals surface area (Å²) in [4.78, 5) is 36.2. The van der Waals surface area contributed by atoms with E-state index in [0.717, 1.165) is 17.3 Å². The summed E-state index contributed by atoms with van der Waals surface area (Å²) in [6.45, 7) is 1.51. The summed E-state index contributed by atoms with van der Waals surface area (Å²) in [5, 5.41) is 5.21. The number of fused-ring (bicyclic) bond motifs is 1. The van der Waals surface area contributed by atoms with Crippen LogP contribution >= 0.6 is 11.3 Å². The second-order valence-electron chi connectivity index (χ2n) is 7.19. The molecular weight excluding hydrogens is 530 g/mol. The summed E-state index contributed by atoms with van der Waals surface area (Å²) in [6.07, 6.45) is -0.580. The molecule has 0 spiro atoms. The lowest BCUT2D eigenvalue weighted by Crippen LogP contribution is -2.47. The van der Waals surface area contributed by atoms with Gasteiger partial charge in [0.1, 0.15) is 8.42 Å². The van der Waals surface area contributed by atoms with Gasteiger partial charge >= 0.3 is 18.0 Å². The SMILES string of the molecule is CCN(C(=O)OCOC(=O)COC(C)=O)[C@H]1CN(CCCOC)S(=O)(=O)c2sc(S(N)(=O)=O)cc21. The average Bonchev–Trinajstić information content (AvgIpc) is 3.23. The van der Waals surface area contributed by atoms with Gasteiger partial charge < -0.3 is 18.9 Å². The van der Waals surface area contributed by atoms with E-state index < -0.39 is 57.5 Å². The van der Waals surface area contributed by atoms with Crippen molar-refractivity contribution in [3.05, 3.63) is 11.6 Å². The third-order valence-electron chi connectivity index (χ3n) is 4.80. The van der Waals surface area contributed by atoms with Gasteiger partial charge in [-0.2, -0.15) is 4.31 Å². The maximum atomic E-state index is 13.2. The Labute approximate surface area is 206 Å². The predicted molar refractivity (Wildman–Crippen MR) is 120 cm³/mol. The number of hydrogen-bond acceptors (Lipinski definition) is 12. The first-order valence-corrected chi connectivity index (χ1v) is 14.0. The Morgan fingerprint density at radius 1 is 1.26 bits per heavy atom. The summed E-state index contributed by atoms with van der Waals surface area (Å²) >= 11 is 0.502. The predicted octanol–water partition coefficient (Wildman–Crippen LogP) is -0.000300. The van der Waals surface area contributed by atoms with Gasteiger partial charge in [0, 0.05) is 45.8 Å². The van der Waals surface area contributed by atoms with Crippen LogP contribution in [0.5, 0.6) is 0 Å². The highest BCUT2D eigenvalue weighted by Crippen LogP contribution is 2.42. The van der Waals surface area contributed by atoms with Crippen LogP contribution in [-0.4, -0.2) is 90.8 Å². The van der Waals surface area contributed by atoms with Crippen LogP contribution in [0, 0.1) is 0 Å². The summed E-state index contributed by atoms with van der Waals surface area (Å²) in [5.74, 6) is -1.63. The van der Waals surface area contributed by atoms with Crippen molar-refractivity contribution in [1.29, 1.82) is 0 Å². The number of ether oxygens (including phenoxy) is 4. The molecule has 0 aliphatic carbocycles. The largest absolute Gasteiger partial charge is 0.454 e. The molecule has 2 rings (SSSR count). The van der Waals surface area contributed by atoms with Crippen LogP contribution in [0.1, 0.15) is 31.9 Å². The van der Waals surface area contributed by atoms with Gasteiger partial charge in [0.15, 0.2) is 6.61 Å². The fourth-order valence-corrected chi connectivity index (χ4v) is 7.50. The highest BCUT2D eigenvalue weighted by atomic mass is 32.3. The minimum Gasteiger partial charge on any atom is -0.454 e. The quantitative estimate of drug-likeness (QED) is 0.219. The molecule has 1 aromatic heterocycles. The summed E-state index contributed by atoms with van der Waals surface area (Å²) in [6, 6.07) is 0.233. The van der Waals surface area contributed by atoms with Gasteiger partial charge in [-0.05, 0) is 19.4 Å². The molecule has 0 saturated heterocycles. The summed E-state index contributed by atoms with van der Waals surface area (Å²) in [7, 11) is -6.80. The van der Waals surface area contributed by atoms with E-state index in [-0.39, 0.29) is 40.2 Å². The smallest absolute Gasteiger partial charge is 0.413 e. The topological polar surface area (TPSA) is 189 Å². The number of likely N-dealkylation sites (N-methyl/N-ethyl adjacent to an activating group) is 1. The molecule has 0 saturated carbocycles. The first kappa shape index (κ1) is 28.9. The van der Waals surface area contributed by atoms with E-state index in [1.54, 1.807) is 6.92 Å². The number of primary sulfonamides is 1. The van der Waals surface area contributed by atoms with E-state index in [1.165, 1.54) is 12.0 Å². The Bertz CT molecular complexity index is 1150. The first-order valence-electron chi connectivity index (χ1n) is 10.2. The van der Waals surface area contributed by atoms with Crippen molar-refractivity contribution in [3.8, 4) is 0 Å². The Morgan fingerprint density at radius 2 is 1.94 bits per heavy atom. The van der Waals surface area contributed by atoms with Crippen LogP contribution in [0.4, 0.5) is 4.79 Å². The molecule has 0 fully saturated rings. The zero-order valence-electron chi connectivity index (χ0n) is 19.3. The van der Waals surface area contributed by atoms with Crippen molar-refractivity contribution >= 4 is 49.4 Å². The Balaban J connectivity index is 2.29. The number of nitrogens with two attached hydrogens (primary N) is 1. The van der Waals surface area contributed by atoms with Gasteiger partial charge in [-0.3, -0.25) is 9.69 Å². The van der Waals surface area contributed by atoms with E-state index in [0.29, 0.717) is 17.8 Å². The minimum absolute atomic E-state index is 0.0524. The molecule has 1 amide bonds. The molecular formula is C18H27N3O11S3. The fourth-order valence-electron chi connectivity index (χ4n) is 3.22. The number of amides is 1. The van der Waals surface area contributed by atoms with Gasteiger partial charge in [-0.15, -0.1) is 11.3 Å². The third-order valence-corrected chi connectivity index (χ3v) is 9.76. The van der Waals surface area contributed by atoms with E-state index in [4.69, 9.17) is 14.6 Å². The van der Waals surface area contributed by atoms with E-state index >= 15 is 0 Å². The van der Waals surface area contributed by atoms with Crippen LogP contribution in [0.25, 0.3) is 0 Å². The first-order chi connectivity index (χ1) is 16.3. The van der Waals surface area contributed by atoms with Crippen LogP contribution in [0.15, 0.2) is 14.5 Å². The highest BCUT2D eigenvalue weighted by molar-refractivity contribution is 7.94. The molecule has 1 aliphatic heterocycles. The number of sulfonamides is 2. The number of rotatable bonds is 11. The Kier molecular flexibility index (Phi) is 9.99. The number of hydrogen-bond donors (Lipinski definition) is 1. The number of esters is 2. The molecule has 14 nitrogen and oxygen atoms in total. The number of thiophene rings is 1. The van der Waals surface area contributed by atoms with Gasteiger partial charge in [0.2, 0.25) is 16.8 Å². The standard InChI is InChI=1S/C18H27N3O11S3/c1-4-21(18(24)32-11-31-15(23)10-30-12(2)22)14-9-20(6-5-7-29-3)35(27,28)17-13(14)8-16(33-17)34(19,25)26/h8,14H,4-7,9-11H2,1-3H3,(H2,19,25,26)/t14-/m0/s1. The van der Waals surface area contributed by atoms with Gasteiger partial charge in [-0.25, -0.2) is 31.6 Å². The number of carbonyl (C=O) groups is 3. The van der Waals surface area contributed by atoms with Crippen molar-refractivity contribution in [2.45, 2.75) is 34.7 Å². The second-order valence-corrected chi connectivity index (χ2v) is 12.2. The minimum atomic E-state index is -4.21. The van der Waals surface area contributed by atoms with E-state index in [9.17, 15) is 31.2 Å². The van der Waals surface area contributed by atoms with Crippen LogP contribution in [-0.2, 0) is 48.6 Å². The maximum absolute atomic E-state index is 13.2. The second kappa shape index (κ2) is 12.1. The van der Waals surface area contributed by atoms with Crippen molar-refractivity contribution < 1.29 is 50.2 Å². The van der Waals surface area contributed by atoms with Crippen molar-refractivity contribution in [1.82, 2.24) is 9.21 Å². The van der Waals surface area contributed by atoms with E-state index in [2.05, 4.69) is 9.47 Å². The monoisotopic (exact) mass is 557 g/mol. The molecule has 35 heavy (non-hydrogen) atoms. The van der Waals surface area contributed by atoms with Crippen LogP contribution in [0.2, 0.25) is 0 Å². The molecule has 2 N–H and O–H groups in total. The molecule has 0 bridgehead atoms.